The molecule has 37 heavy (non-hydrogen) atoms. The van der Waals surface area contributed by atoms with Gasteiger partial charge in [0.25, 0.3) is 0 Å². The monoisotopic (exact) mass is 520 g/mol. The van der Waals surface area contributed by atoms with Crippen LogP contribution in [0.15, 0.2) is 22.6 Å². The number of hydrogen-bond acceptors (Lipinski definition) is 13. The first-order chi connectivity index (χ1) is 17.5. The summed E-state index contributed by atoms with van der Waals surface area (Å²) in [5.41, 5.74) is 0.192. The van der Waals surface area contributed by atoms with Crippen molar-refractivity contribution in [2.24, 2.45) is 0 Å². The minimum atomic E-state index is -1.50. The van der Waals surface area contributed by atoms with Crippen LogP contribution >= 0.6 is 0 Å². The topological polar surface area (TPSA) is 171 Å². The molecule has 0 bridgehead atoms. The van der Waals surface area contributed by atoms with Crippen LogP contribution in [0.3, 0.4) is 0 Å². The minimum absolute atomic E-state index is 0.0540. The minimum Gasteiger partial charge on any atom is -0.463 e. The van der Waals surface area contributed by atoms with Gasteiger partial charge >= 0.3 is 23.9 Å². The Hall–Kier alpha value is -4.26. The van der Waals surface area contributed by atoms with Crippen LogP contribution in [-0.2, 0) is 42.9 Å². The Morgan fingerprint density at radius 2 is 1.46 bits per heavy atom. The standard InChI is InChI=1S/C24H24O13/c1-11(27)31-10-19-21(32-12(2)28)22(33-13(3)29)23(34-14(4)30)24(37-19)36-18-6-5-15(8-25)20-17(18)7-16(9-26)35-20/h5-9,19,21-24H,10H2,1-4H3/t19-,21+,22+,23-,24-/m1/s1. The third kappa shape index (κ3) is 6.50. The summed E-state index contributed by atoms with van der Waals surface area (Å²) in [5, 5.41) is 0.222. The largest absolute Gasteiger partial charge is 0.463 e. The Kier molecular flexibility index (Phi) is 8.60. The van der Waals surface area contributed by atoms with E-state index >= 15 is 0 Å². The van der Waals surface area contributed by atoms with Crippen molar-refractivity contribution >= 4 is 47.4 Å². The highest BCUT2D eigenvalue weighted by Crippen LogP contribution is 2.35. The molecule has 13 nitrogen and oxygen atoms in total. The molecule has 0 radical (unpaired) electrons. The first-order valence-electron chi connectivity index (χ1n) is 11.0. The number of esters is 4. The van der Waals surface area contributed by atoms with Crippen LogP contribution in [-0.4, -0.2) is 73.8 Å². The van der Waals surface area contributed by atoms with Crippen LogP contribution in [0.25, 0.3) is 11.0 Å². The van der Waals surface area contributed by atoms with E-state index in [4.69, 9.17) is 32.8 Å². The van der Waals surface area contributed by atoms with Crippen LogP contribution in [0, 0.1) is 0 Å². The highest BCUT2D eigenvalue weighted by molar-refractivity contribution is 5.99. The number of benzene rings is 1. The maximum Gasteiger partial charge on any atom is 0.303 e. The number of furan rings is 1. The Balaban J connectivity index is 2.09. The summed E-state index contributed by atoms with van der Waals surface area (Å²) in [5.74, 6) is -3.07. The SMILES string of the molecule is CC(=O)OC[C@H]1O[C@@H](Oc2ccc(C=O)c3oc(C=O)cc23)[C@H](OC(C)=O)[C@@H](OC(C)=O)[C@H]1OC(C)=O. The molecule has 0 unspecified atom stereocenters. The lowest BCUT2D eigenvalue weighted by Crippen LogP contribution is -2.63. The Morgan fingerprint density at radius 1 is 0.838 bits per heavy atom. The van der Waals surface area contributed by atoms with Gasteiger partial charge in [-0.1, -0.05) is 0 Å². The van der Waals surface area contributed by atoms with Gasteiger partial charge < -0.3 is 32.8 Å². The average Bonchev–Trinajstić information content (AvgIpc) is 3.26. The lowest BCUT2D eigenvalue weighted by molar-refractivity contribution is -0.288. The molecule has 1 saturated heterocycles. The van der Waals surface area contributed by atoms with E-state index in [-0.39, 0.29) is 28.0 Å². The third-order valence-electron chi connectivity index (χ3n) is 5.13. The predicted molar refractivity (Wildman–Crippen MR) is 120 cm³/mol. The molecule has 1 fully saturated rings. The number of carbonyl (C=O) groups is 6. The Bertz CT molecular complexity index is 1210. The third-order valence-corrected chi connectivity index (χ3v) is 5.13. The molecule has 198 valence electrons. The normalized spacial score (nSPS) is 23.0. The van der Waals surface area contributed by atoms with Gasteiger partial charge in [0.05, 0.1) is 10.9 Å². The van der Waals surface area contributed by atoms with Crippen molar-refractivity contribution in [3.63, 3.8) is 0 Å². The van der Waals surface area contributed by atoms with Crippen molar-refractivity contribution < 1.29 is 61.6 Å². The molecule has 1 aromatic heterocycles. The molecule has 1 aromatic carbocycles. The lowest BCUT2D eigenvalue weighted by atomic mass is 9.98. The number of fused-ring (bicyclic) bond motifs is 1. The summed E-state index contributed by atoms with van der Waals surface area (Å²) >= 11 is 0. The molecule has 1 aliphatic rings. The van der Waals surface area contributed by atoms with E-state index in [1.54, 1.807) is 0 Å². The van der Waals surface area contributed by atoms with Gasteiger partial charge in [-0.15, -0.1) is 0 Å². The maximum absolute atomic E-state index is 12.0. The molecule has 13 heteroatoms. The zero-order valence-electron chi connectivity index (χ0n) is 20.3. The van der Waals surface area contributed by atoms with Crippen molar-refractivity contribution in [2.75, 3.05) is 6.61 Å². The van der Waals surface area contributed by atoms with Gasteiger partial charge in [-0.25, -0.2) is 0 Å². The molecule has 5 atom stereocenters. The van der Waals surface area contributed by atoms with Crippen molar-refractivity contribution in [1.29, 1.82) is 0 Å². The fraction of sp³-hybridized carbons (Fsp3) is 0.417. The number of carbonyl (C=O) groups excluding carboxylic acids is 6. The molecule has 0 aliphatic carbocycles. The van der Waals surface area contributed by atoms with Crippen molar-refractivity contribution in [2.45, 2.75) is 58.4 Å². The zero-order chi connectivity index (χ0) is 27.3. The highest BCUT2D eigenvalue weighted by atomic mass is 16.7. The predicted octanol–water partition coefficient (Wildman–Crippen LogP) is 1.52. The number of hydrogen-bond donors (Lipinski definition) is 0. The Morgan fingerprint density at radius 3 is 2.03 bits per heavy atom. The summed E-state index contributed by atoms with van der Waals surface area (Å²) in [6.45, 7) is 4.01. The summed E-state index contributed by atoms with van der Waals surface area (Å²) in [6.07, 6.45) is -5.99. The van der Waals surface area contributed by atoms with Gasteiger partial charge in [0.1, 0.15) is 24.0 Å². The summed E-state index contributed by atoms with van der Waals surface area (Å²) in [6, 6.07) is 4.09. The van der Waals surface area contributed by atoms with Gasteiger partial charge in [0.2, 0.25) is 12.4 Å². The number of ether oxygens (including phenoxy) is 6. The van der Waals surface area contributed by atoms with E-state index in [9.17, 15) is 28.8 Å². The van der Waals surface area contributed by atoms with Crippen LogP contribution < -0.4 is 4.74 Å². The smallest absolute Gasteiger partial charge is 0.303 e. The van der Waals surface area contributed by atoms with Crippen LogP contribution in [0.2, 0.25) is 0 Å². The molecular weight excluding hydrogens is 496 g/mol. The van der Waals surface area contributed by atoms with E-state index in [1.165, 1.54) is 18.2 Å². The summed E-state index contributed by atoms with van der Waals surface area (Å²) < 4.78 is 38.3. The summed E-state index contributed by atoms with van der Waals surface area (Å²) in [7, 11) is 0. The highest BCUT2D eigenvalue weighted by Gasteiger charge is 2.53. The molecular formula is C24H24O13. The van der Waals surface area contributed by atoms with Gasteiger partial charge in [-0.05, 0) is 18.2 Å². The van der Waals surface area contributed by atoms with E-state index in [1.807, 2.05) is 0 Å². The maximum atomic E-state index is 12.0. The molecule has 0 spiro atoms. The first kappa shape index (κ1) is 27.3. The molecule has 0 N–H and O–H groups in total. The van der Waals surface area contributed by atoms with E-state index in [0.29, 0.717) is 12.6 Å². The molecule has 0 saturated carbocycles. The second-order valence-corrected chi connectivity index (χ2v) is 7.97. The average molecular weight is 520 g/mol. The van der Waals surface area contributed by atoms with Gasteiger partial charge in [0, 0.05) is 27.7 Å². The molecule has 0 amide bonds. The van der Waals surface area contributed by atoms with Crippen LogP contribution in [0.4, 0.5) is 0 Å². The fourth-order valence-electron chi connectivity index (χ4n) is 3.80. The van der Waals surface area contributed by atoms with Gasteiger partial charge in [-0.3, -0.25) is 28.8 Å². The van der Waals surface area contributed by atoms with E-state index in [0.717, 1.165) is 27.7 Å². The van der Waals surface area contributed by atoms with E-state index in [2.05, 4.69) is 0 Å². The van der Waals surface area contributed by atoms with Gasteiger partial charge in [0.15, 0.2) is 30.5 Å². The molecule has 1 aliphatic heterocycles. The first-order valence-corrected chi connectivity index (χ1v) is 11.0. The van der Waals surface area contributed by atoms with Crippen molar-refractivity contribution in [3.8, 4) is 5.75 Å². The molecule has 3 rings (SSSR count). The number of rotatable bonds is 9. The number of aldehydes is 2. The second kappa shape index (κ2) is 11.6. The van der Waals surface area contributed by atoms with Crippen molar-refractivity contribution in [3.05, 3.63) is 29.5 Å². The lowest BCUT2D eigenvalue weighted by Gasteiger charge is -2.43. The quantitative estimate of drug-likeness (QED) is 0.265. The van der Waals surface area contributed by atoms with Crippen LogP contribution in [0.1, 0.15) is 48.6 Å². The van der Waals surface area contributed by atoms with Gasteiger partial charge in [-0.2, -0.15) is 0 Å². The Labute approximate surface area is 209 Å². The fourth-order valence-corrected chi connectivity index (χ4v) is 3.80. The van der Waals surface area contributed by atoms with Crippen molar-refractivity contribution in [1.82, 2.24) is 0 Å². The van der Waals surface area contributed by atoms with E-state index < -0.39 is 61.2 Å². The molecule has 2 aromatic rings. The zero-order valence-corrected chi connectivity index (χ0v) is 20.3. The summed E-state index contributed by atoms with van der Waals surface area (Å²) in [4.78, 5) is 69.9. The van der Waals surface area contributed by atoms with Crippen LogP contribution in [0.5, 0.6) is 5.75 Å². The molecule has 2 heterocycles. The second-order valence-electron chi connectivity index (χ2n) is 7.97.